The van der Waals surface area contributed by atoms with Gasteiger partial charge in [0, 0.05) is 23.8 Å². The van der Waals surface area contributed by atoms with Crippen molar-refractivity contribution in [3.05, 3.63) is 57.7 Å². The number of ether oxygens (including phenoxy) is 4. The van der Waals surface area contributed by atoms with Crippen molar-refractivity contribution < 1.29 is 57.9 Å². The predicted molar refractivity (Wildman–Crippen MR) is 172 cm³/mol. The van der Waals surface area contributed by atoms with Crippen LogP contribution in [0.2, 0.25) is 10.0 Å². The quantitative estimate of drug-likeness (QED) is 0.104. The fourth-order valence-corrected chi connectivity index (χ4v) is 5.71. The topological polar surface area (TPSA) is 206 Å². The number of carboxylic acid groups (broad SMARTS) is 2. The molecular weight excluding hydrogens is 687 g/mol. The highest BCUT2D eigenvalue weighted by molar-refractivity contribution is 6.42. The van der Waals surface area contributed by atoms with E-state index in [2.05, 4.69) is 0 Å². The molecular formula is C33H32Cl2N2O12. The lowest BCUT2D eigenvalue weighted by Crippen LogP contribution is -2.29. The number of nitrogens with zero attached hydrogens (tertiary/aromatic N) is 2. The van der Waals surface area contributed by atoms with Gasteiger partial charge in [0.2, 0.25) is 0 Å². The third-order valence-corrected chi connectivity index (χ3v) is 8.40. The van der Waals surface area contributed by atoms with Gasteiger partial charge in [0.05, 0.1) is 58.1 Å². The third-order valence-electron chi connectivity index (χ3n) is 7.67. The Hall–Kier alpha value is -4.82. The molecule has 0 spiro atoms. The Morgan fingerprint density at radius 2 is 1.04 bits per heavy atom. The molecule has 0 saturated heterocycles. The summed E-state index contributed by atoms with van der Waals surface area (Å²) in [7, 11) is 0. The Labute approximate surface area is 289 Å². The van der Waals surface area contributed by atoms with Crippen molar-refractivity contribution in [1.82, 2.24) is 9.97 Å². The molecule has 16 heteroatoms. The summed E-state index contributed by atoms with van der Waals surface area (Å²) >= 11 is 12.5. The first-order valence-electron chi connectivity index (χ1n) is 15.2. The SMILES string of the molecule is O=C(O)CCC(=O)OCCOC(=O)CCC1(CCC(=O)OCCOC(=O)CCC(=O)O)c2ccccc2-c2nc3cc(Cl)c(Cl)cc3nc21. The maximum absolute atomic E-state index is 12.9. The number of halogens is 2. The van der Waals surface area contributed by atoms with E-state index >= 15 is 0 Å². The lowest BCUT2D eigenvalue weighted by atomic mass is 9.73. The van der Waals surface area contributed by atoms with Crippen molar-refractivity contribution in [2.24, 2.45) is 0 Å². The van der Waals surface area contributed by atoms with Crippen molar-refractivity contribution in [2.75, 3.05) is 26.4 Å². The minimum absolute atomic E-state index is 0.122. The summed E-state index contributed by atoms with van der Waals surface area (Å²) in [5, 5.41) is 17.9. The van der Waals surface area contributed by atoms with E-state index in [0.29, 0.717) is 27.4 Å². The molecule has 0 radical (unpaired) electrons. The number of carboxylic acids is 2. The second-order valence-electron chi connectivity index (χ2n) is 11.0. The minimum Gasteiger partial charge on any atom is -0.481 e. The van der Waals surface area contributed by atoms with Crippen LogP contribution in [0.15, 0.2) is 36.4 Å². The number of esters is 4. The molecule has 1 aliphatic carbocycles. The molecule has 0 aliphatic heterocycles. The summed E-state index contributed by atoms with van der Waals surface area (Å²) in [5.74, 6) is -4.95. The van der Waals surface area contributed by atoms with Crippen LogP contribution in [0.5, 0.6) is 0 Å². The van der Waals surface area contributed by atoms with Gasteiger partial charge in [0.15, 0.2) is 0 Å². The highest BCUT2D eigenvalue weighted by Gasteiger charge is 2.46. The van der Waals surface area contributed by atoms with Crippen LogP contribution in [0.3, 0.4) is 0 Å². The van der Waals surface area contributed by atoms with E-state index in [9.17, 15) is 28.8 Å². The Kier molecular flexibility index (Phi) is 12.9. The van der Waals surface area contributed by atoms with E-state index in [1.54, 1.807) is 12.1 Å². The smallest absolute Gasteiger partial charge is 0.306 e. The molecule has 2 aromatic carbocycles. The highest BCUT2D eigenvalue weighted by Crippen LogP contribution is 2.52. The van der Waals surface area contributed by atoms with E-state index in [4.69, 9.17) is 62.3 Å². The molecule has 14 nitrogen and oxygen atoms in total. The van der Waals surface area contributed by atoms with Crippen molar-refractivity contribution >= 4 is 70.1 Å². The number of aromatic nitrogens is 2. The second-order valence-corrected chi connectivity index (χ2v) is 11.8. The molecule has 0 amide bonds. The van der Waals surface area contributed by atoms with Crippen LogP contribution < -0.4 is 0 Å². The van der Waals surface area contributed by atoms with Gasteiger partial charge < -0.3 is 29.2 Å². The van der Waals surface area contributed by atoms with E-state index in [0.717, 1.165) is 11.1 Å². The monoisotopic (exact) mass is 718 g/mol. The highest BCUT2D eigenvalue weighted by atomic mass is 35.5. The van der Waals surface area contributed by atoms with Crippen LogP contribution in [0.25, 0.3) is 22.3 Å². The van der Waals surface area contributed by atoms with Gasteiger partial charge in [-0.2, -0.15) is 0 Å². The number of aliphatic carboxylic acids is 2. The summed E-state index contributed by atoms with van der Waals surface area (Å²) in [5.41, 5.74) is 2.52. The average molecular weight is 720 g/mol. The summed E-state index contributed by atoms with van der Waals surface area (Å²) in [6, 6.07) is 10.6. The van der Waals surface area contributed by atoms with Gasteiger partial charge in [-0.3, -0.25) is 28.8 Å². The largest absolute Gasteiger partial charge is 0.481 e. The standard InChI is InChI=1S/C33H32Cl2N2O12/c34-21-17-23-24(18-22(21)35)37-32-31(36-23)19-3-1-2-4-20(19)33(32,11-9-29(44)48-15-13-46-27(42)7-5-25(38)39)12-10-30(45)49-16-14-47-28(43)8-6-26(40)41/h1-4,17-18H,5-16H2,(H,38,39)(H,40,41). The number of carbonyl (C=O) groups excluding carboxylic acids is 4. The second kappa shape index (κ2) is 17.0. The van der Waals surface area contributed by atoms with Gasteiger partial charge in [0.1, 0.15) is 26.4 Å². The van der Waals surface area contributed by atoms with Crippen LogP contribution in [0, 0.1) is 0 Å². The van der Waals surface area contributed by atoms with Crippen LogP contribution >= 0.6 is 23.2 Å². The molecule has 0 fully saturated rings. The van der Waals surface area contributed by atoms with Crippen molar-refractivity contribution in [3.63, 3.8) is 0 Å². The van der Waals surface area contributed by atoms with Gasteiger partial charge in [-0.25, -0.2) is 9.97 Å². The Bertz CT molecular complexity index is 1710. The first-order chi connectivity index (χ1) is 23.4. The molecule has 1 heterocycles. The van der Waals surface area contributed by atoms with Crippen molar-refractivity contribution in [3.8, 4) is 11.3 Å². The first-order valence-corrected chi connectivity index (χ1v) is 16.0. The maximum atomic E-state index is 12.9. The number of rotatable bonds is 18. The van der Waals surface area contributed by atoms with E-state index < -0.39 is 41.2 Å². The lowest BCUT2D eigenvalue weighted by Gasteiger charge is -2.30. The maximum Gasteiger partial charge on any atom is 0.306 e. The van der Waals surface area contributed by atoms with Crippen LogP contribution in [-0.2, 0) is 53.1 Å². The molecule has 3 aromatic rings. The average Bonchev–Trinajstić information content (AvgIpc) is 3.33. The van der Waals surface area contributed by atoms with Gasteiger partial charge in [0.25, 0.3) is 0 Å². The Balaban J connectivity index is 1.50. The number of hydrogen-bond acceptors (Lipinski definition) is 12. The molecule has 0 bridgehead atoms. The van der Waals surface area contributed by atoms with E-state index in [1.807, 2.05) is 24.3 Å². The summed E-state index contributed by atoms with van der Waals surface area (Å²) in [6.45, 7) is -0.978. The molecule has 4 rings (SSSR count). The third kappa shape index (κ3) is 9.86. The van der Waals surface area contributed by atoms with Crippen molar-refractivity contribution in [1.29, 1.82) is 0 Å². The lowest BCUT2D eigenvalue weighted by molar-refractivity contribution is -0.153. The fourth-order valence-electron chi connectivity index (χ4n) is 5.40. The van der Waals surface area contributed by atoms with Gasteiger partial charge in [-0.1, -0.05) is 47.5 Å². The Morgan fingerprint density at radius 1 is 0.612 bits per heavy atom. The molecule has 0 saturated carbocycles. The van der Waals surface area contributed by atoms with Crippen molar-refractivity contribution in [2.45, 2.75) is 56.8 Å². The van der Waals surface area contributed by atoms with Gasteiger partial charge in [-0.15, -0.1) is 0 Å². The van der Waals surface area contributed by atoms with Crippen LogP contribution in [0.4, 0.5) is 0 Å². The zero-order valence-corrected chi connectivity index (χ0v) is 27.6. The number of hydrogen-bond donors (Lipinski definition) is 2. The molecule has 0 atom stereocenters. The fraction of sp³-hybridized carbons (Fsp3) is 0.394. The first kappa shape index (κ1) is 37.0. The molecule has 1 aliphatic rings. The van der Waals surface area contributed by atoms with Gasteiger partial charge >= 0.3 is 35.8 Å². The molecule has 2 N–H and O–H groups in total. The van der Waals surface area contributed by atoms with Gasteiger partial charge in [-0.05, 0) is 30.5 Å². The minimum atomic E-state index is -1.14. The molecule has 0 unspecified atom stereocenters. The van der Waals surface area contributed by atoms with Crippen LogP contribution in [0.1, 0.15) is 62.6 Å². The molecule has 1 aromatic heterocycles. The zero-order chi connectivity index (χ0) is 35.6. The normalized spacial score (nSPS) is 12.4. The summed E-state index contributed by atoms with van der Waals surface area (Å²) in [4.78, 5) is 80.1. The molecule has 260 valence electrons. The Morgan fingerprint density at radius 3 is 1.51 bits per heavy atom. The van der Waals surface area contributed by atoms with Crippen LogP contribution in [-0.4, -0.2) is 82.4 Å². The number of fused-ring (bicyclic) bond motifs is 4. The summed E-state index contributed by atoms with van der Waals surface area (Å²) in [6.07, 6.45) is -1.33. The van der Waals surface area contributed by atoms with E-state index in [-0.39, 0.29) is 82.8 Å². The van der Waals surface area contributed by atoms with E-state index in [1.165, 1.54) is 0 Å². The number of carbonyl (C=O) groups is 6. The molecule has 49 heavy (non-hydrogen) atoms. The number of benzene rings is 2. The predicted octanol–water partition coefficient (Wildman–Crippen LogP) is 4.67. The summed E-state index contributed by atoms with van der Waals surface area (Å²) < 4.78 is 20.4. The zero-order valence-electron chi connectivity index (χ0n) is 26.1.